The fraction of sp³-hybridized carbons (Fsp3) is 0.300. The summed E-state index contributed by atoms with van der Waals surface area (Å²) >= 11 is 2.42. The van der Waals surface area contributed by atoms with Crippen LogP contribution in [-0.4, -0.2) is 44.3 Å². The van der Waals surface area contributed by atoms with Crippen LogP contribution in [0.4, 0.5) is 0 Å². The third-order valence-corrected chi connectivity index (χ3v) is 8.10. The van der Waals surface area contributed by atoms with Gasteiger partial charge in [-0.3, -0.25) is 4.79 Å². The van der Waals surface area contributed by atoms with Gasteiger partial charge in [-0.25, -0.2) is 8.42 Å². The first kappa shape index (κ1) is 21.1. The van der Waals surface area contributed by atoms with Gasteiger partial charge in [-0.1, -0.05) is 36.0 Å². The van der Waals surface area contributed by atoms with Gasteiger partial charge >= 0.3 is 0 Å². The summed E-state index contributed by atoms with van der Waals surface area (Å²) in [6.45, 7) is 1.17. The van der Waals surface area contributed by atoms with Gasteiger partial charge in [-0.2, -0.15) is 4.98 Å². The minimum Gasteiger partial charge on any atom is -0.428 e. The number of ether oxygens (including phenoxy) is 1. The summed E-state index contributed by atoms with van der Waals surface area (Å²) in [6, 6.07) is 11.7. The molecule has 30 heavy (non-hydrogen) atoms. The zero-order chi connectivity index (χ0) is 21.0. The molecule has 0 radical (unpaired) electrons. The highest BCUT2D eigenvalue weighted by Crippen LogP contribution is 2.36. The van der Waals surface area contributed by atoms with Crippen molar-refractivity contribution >= 4 is 38.8 Å². The summed E-state index contributed by atoms with van der Waals surface area (Å²) in [4.78, 5) is 17.4. The van der Waals surface area contributed by atoms with Crippen LogP contribution < -0.4 is 5.32 Å². The second kappa shape index (κ2) is 9.34. The van der Waals surface area contributed by atoms with Crippen molar-refractivity contribution in [1.29, 1.82) is 0 Å². The Morgan fingerprint density at radius 2 is 2.07 bits per heavy atom. The molecule has 7 nitrogen and oxygen atoms in total. The molecule has 0 bridgehead atoms. The molecular weight excluding hydrogens is 444 g/mol. The minimum atomic E-state index is -3.89. The van der Waals surface area contributed by atoms with Crippen LogP contribution in [0.1, 0.15) is 12.8 Å². The predicted octanol–water partition coefficient (Wildman–Crippen LogP) is 3.62. The molecule has 158 valence electrons. The zero-order valence-electron chi connectivity index (χ0n) is 15.9. The second-order valence-electron chi connectivity index (χ2n) is 6.63. The lowest BCUT2D eigenvalue weighted by atomic mass is 10.2. The maximum atomic E-state index is 13.1. The van der Waals surface area contributed by atoms with Crippen molar-refractivity contribution in [2.75, 3.05) is 18.9 Å². The number of hydrogen-bond donors (Lipinski definition) is 1. The van der Waals surface area contributed by atoms with Gasteiger partial charge in [0.2, 0.25) is 31.8 Å². The van der Waals surface area contributed by atoms with Crippen molar-refractivity contribution in [1.82, 2.24) is 10.3 Å². The van der Waals surface area contributed by atoms with Gasteiger partial charge < -0.3 is 14.5 Å². The molecule has 1 saturated heterocycles. The summed E-state index contributed by atoms with van der Waals surface area (Å²) in [6.07, 6.45) is 1.97. The Morgan fingerprint density at radius 3 is 2.77 bits per heavy atom. The van der Waals surface area contributed by atoms with Crippen molar-refractivity contribution in [2.24, 2.45) is 0 Å². The molecule has 1 atom stereocenters. The molecule has 1 aliphatic rings. The van der Waals surface area contributed by atoms with Gasteiger partial charge in [0.25, 0.3) is 0 Å². The van der Waals surface area contributed by atoms with Crippen LogP contribution in [0.2, 0.25) is 0 Å². The van der Waals surface area contributed by atoms with Crippen LogP contribution >= 0.6 is 23.1 Å². The van der Waals surface area contributed by atoms with Gasteiger partial charge in [0.1, 0.15) is 0 Å². The van der Waals surface area contributed by atoms with Crippen LogP contribution in [0, 0.1) is 0 Å². The van der Waals surface area contributed by atoms with E-state index in [0.717, 1.165) is 31.2 Å². The van der Waals surface area contributed by atoms with E-state index in [9.17, 15) is 13.2 Å². The van der Waals surface area contributed by atoms with Crippen molar-refractivity contribution in [3.05, 3.63) is 47.8 Å². The highest BCUT2D eigenvalue weighted by Gasteiger charge is 2.29. The molecule has 1 fully saturated rings. The van der Waals surface area contributed by atoms with E-state index < -0.39 is 9.84 Å². The van der Waals surface area contributed by atoms with Crippen LogP contribution in [0.25, 0.3) is 10.8 Å². The number of nitrogens with one attached hydrogen (secondary N) is 1. The topological polar surface area (TPSA) is 98.5 Å². The quantitative estimate of drug-likeness (QED) is 0.508. The minimum absolute atomic E-state index is 0.0170. The van der Waals surface area contributed by atoms with Crippen LogP contribution in [0.5, 0.6) is 0 Å². The number of thiophene rings is 1. The van der Waals surface area contributed by atoms with E-state index in [1.54, 1.807) is 24.3 Å². The number of rotatable bonds is 8. The Balaban J connectivity index is 1.54. The van der Waals surface area contributed by atoms with Crippen molar-refractivity contribution < 1.29 is 22.4 Å². The molecule has 1 aromatic carbocycles. The Labute approximate surface area is 182 Å². The number of benzene rings is 1. The standard InChI is InChI=1S/C20H20N2O5S3/c23-17(21-12-14-6-4-10-26-14)13-29-20-19(22-18(27-20)16-9-5-11-28-16)30(24,25)15-7-2-1-3-8-15/h1-3,5,7-9,11,14H,4,6,10,12-13H2,(H,21,23)/t14-/m0/s1. The zero-order valence-corrected chi connectivity index (χ0v) is 18.4. The number of carbonyl (C=O) groups is 1. The number of amides is 1. The van der Waals surface area contributed by atoms with E-state index in [4.69, 9.17) is 9.15 Å². The molecule has 10 heteroatoms. The molecule has 0 unspecified atom stereocenters. The Morgan fingerprint density at radius 1 is 1.23 bits per heavy atom. The summed E-state index contributed by atoms with van der Waals surface area (Å²) in [5.41, 5.74) is 0. The van der Waals surface area contributed by atoms with E-state index >= 15 is 0 Å². The SMILES string of the molecule is O=C(CSc1oc(-c2cccs2)nc1S(=O)(=O)c1ccccc1)NC[C@@H]1CCCO1. The van der Waals surface area contributed by atoms with E-state index in [0.29, 0.717) is 11.4 Å². The lowest BCUT2D eigenvalue weighted by Crippen LogP contribution is -2.32. The van der Waals surface area contributed by atoms with Crippen LogP contribution in [0.15, 0.2) is 67.3 Å². The maximum absolute atomic E-state index is 13.1. The van der Waals surface area contributed by atoms with Crippen molar-refractivity contribution in [3.8, 4) is 10.8 Å². The normalized spacial score (nSPS) is 16.6. The third kappa shape index (κ3) is 4.77. The van der Waals surface area contributed by atoms with Gasteiger partial charge in [0, 0.05) is 13.2 Å². The van der Waals surface area contributed by atoms with Crippen molar-refractivity contribution in [2.45, 2.75) is 34.0 Å². The summed E-state index contributed by atoms with van der Waals surface area (Å²) < 4.78 is 37.5. The fourth-order valence-corrected chi connectivity index (χ4v) is 6.01. The molecule has 0 saturated carbocycles. The molecule has 0 aliphatic carbocycles. The molecule has 4 rings (SSSR count). The van der Waals surface area contributed by atoms with Gasteiger partial charge in [-0.05, 0) is 36.4 Å². The first-order valence-electron chi connectivity index (χ1n) is 9.40. The average Bonchev–Trinajstić information content (AvgIpc) is 3.52. The summed E-state index contributed by atoms with van der Waals surface area (Å²) in [5, 5.41) is 4.62. The molecule has 1 amide bonds. The van der Waals surface area contributed by atoms with Crippen LogP contribution in [0.3, 0.4) is 0 Å². The lowest BCUT2D eigenvalue weighted by molar-refractivity contribution is -0.119. The number of oxazole rings is 1. The Kier molecular flexibility index (Phi) is 6.57. The molecule has 3 aromatic rings. The highest BCUT2D eigenvalue weighted by molar-refractivity contribution is 8.00. The Hall–Kier alpha value is -2.14. The Bertz CT molecular complexity index is 1090. The van der Waals surface area contributed by atoms with E-state index in [-0.39, 0.29) is 38.7 Å². The van der Waals surface area contributed by atoms with E-state index in [1.807, 2.05) is 11.4 Å². The predicted molar refractivity (Wildman–Crippen MR) is 114 cm³/mol. The van der Waals surface area contributed by atoms with E-state index in [2.05, 4.69) is 10.3 Å². The maximum Gasteiger partial charge on any atom is 0.238 e. The monoisotopic (exact) mass is 464 g/mol. The largest absolute Gasteiger partial charge is 0.428 e. The molecule has 2 aromatic heterocycles. The summed E-state index contributed by atoms with van der Waals surface area (Å²) in [5.74, 6) is 0.0257. The van der Waals surface area contributed by atoms with Gasteiger partial charge in [0.05, 0.1) is 21.6 Å². The first-order chi connectivity index (χ1) is 14.5. The fourth-order valence-electron chi connectivity index (χ4n) is 2.99. The van der Waals surface area contributed by atoms with E-state index in [1.165, 1.54) is 23.5 Å². The van der Waals surface area contributed by atoms with Gasteiger partial charge in [0.15, 0.2) is 0 Å². The number of thioether (sulfide) groups is 1. The second-order valence-corrected chi connectivity index (χ2v) is 10.4. The molecular formula is C20H20N2O5S3. The average molecular weight is 465 g/mol. The molecule has 0 spiro atoms. The number of hydrogen-bond acceptors (Lipinski definition) is 8. The number of carbonyl (C=O) groups excluding carboxylic acids is 1. The van der Waals surface area contributed by atoms with Crippen LogP contribution in [-0.2, 0) is 19.4 Å². The third-order valence-electron chi connectivity index (χ3n) is 4.49. The molecule has 1 aliphatic heterocycles. The molecule has 3 heterocycles. The number of aromatic nitrogens is 1. The van der Waals surface area contributed by atoms with Crippen molar-refractivity contribution in [3.63, 3.8) is 0 Å². The highest BCUT2D eigenvalue weighted by atomic mass is 32.2. The smallest absolute Gasteiger partial charge is 0.238 e. The van der Waals surface area contributed by atoms with Gasteiger partial charge in [-0.15, -0.1) is 11.3 Å². The molecule has 1 N–H and O–H groups in total. The lowest BCUT2D eigenvalue weighted by Gasteiger charge is -2.10. The number of sulfone groups is 1. The number of nitrogens with zero attached hydrogens (tertiary/aromatic N) is 1. The first-order valence-corrected chi connectivity index (χ1v) is 12.7. The summed E-state index contributed by atoms with van der Waals surface area (Å²) in [7, 11) is -3.89.